The molecule has 0 amide bonds. The summed E-state index contributed by atoms with van der Waals surface area (Å²) in [5.74, 6) is -0.714. The van der Waals surface area contributed by atoms with E-state index in [-0.39, 0.29) is 17.1 Å². The van der Waals surface area contributed by atoms with Crippen molar-refractivity contribution in [1.82, 2.24) is 0 Å². The van der Waals surface area contributed by atoms with E-state index >= 15 is 0 Å². The second-order valence-electron chi connectivity index (χ2n) is 3.28. The molecule has 0 saturated heterocycles. The van der Waals surface area contributed by atoms with Gasteiger partial charge < -0.3 is 4.74 Å². The zero-order valence-corrected chi connectivity index (χ0v) is 11.3. The molecule has 0 bridgehead atoms. The van der Waals surface area contributed by atoms with Crippen molar-refractivity contribution in [2.45, 2.75) is 0 Å². The molecule has 2 rings (SSSR count). The van der Waals surface area contributed by atoms with E-state index in [1.807, 2.05) is 0 Å². The number of ether oxygens (including phenoxy) is 1. The second kappa shape index (κ2) is 4.98. The van der Waals surface area contributed by atoms with Gasteiger partial charge in [-0.3, -0.25) is 4.79 Å². The summed E-state index contributed by atoms with van der Waals surface area (Å²) in [7, 11) is 1.41. The molecular formula is C12H8BrFO2S. The Hall–Kier alpha value is -1.20. The van der Waals surface area contributed by atoms with Gasteiger partial charge in [-0.1, -0.05) is 6.07 Å². The van der Waals surface area contributed by atoms with Crippen molar-refractivity contribution < 1.29 is 13.9 Å². The van der Waals surface area contributed by atoms with Gasteiger partial charge in [-0.2, -0.15) is 11.3 Å². The summed E-state index contributed by atoms with van der Waals surface area (Å²) in [6.07, 6.45) is 0. The third-order valence-electron chi connectivity index (χ3n) is 2.28. The van der Waals surface area contributed by atoms with Gasteiger partial charge in [0.05, 0.1) is 7.11 Å². The van der Waals surface area contributed by atoms with Crippen LogP contribution in [0.5, 0.6) is 5.75 Å². The minimum absolute atomic E-state index is 0.0332. The maximum atomic E-state index is 13.7. The van der Waals surface area contributed by atoms with E-state index in [1.165, 1.54) is 30.6 Å². The maximum Gasteiger partial charge on any atom is 0.201 e. The first-order valence-corrected chi connectivity index (χ1v) is 6.47. The fraction of sp³-hybridized carbons (Fsp3) is 0.0833. The van der Waals surface area contributed by atoms with Gasteiger partial charge in [0, 0.05) is 20.8 Å². The van der Waals surface area contributed by atoms with Crippen molar-refractivity contribution in [2.75, 3.05) is 7.11 Å². The molecule has 2 nitrogen and oxygen atoms in total. The normalized spacial score (nSPS) is 10.3. The molecule has 0 radical (unpaired) electrons. The first-order valence-electron chi connectivity index (χ1n) is 4.74. The molecular weight excluding hydrogens is 307 g/mol. The fourth-order valence-electron chi connectivity index (χ4n) is 1.47. The highest BCUT2D eigenvalue weighted by molar-refractivity contribution is 9.10. The van der Waals surface area contributed by atoms with Crippen LogP contribution in [0.15, 0.2) is 33.4 Å². The van der Waals surface area contributed by atoms with E-state index in [0.717, 1.165) is 0 Å². The van der Waals surface area contributed by atoms with Crippen LogP contribution in [0.2, 0.25) is 0 Å². The monoisotopic (exact) mass is 314 g/mol. The summed E-state index contributed by atoms with van der Waals surface area (Å²) in [6.45, 7) is 0. The average Bonchev–Trinajstić information content (AvgIpc) is 2.74. The van der Waals surface area contributed by atoms with Crippen LogP contribution in [0.1, 0.15) is 15.9 Å². The Bertz CT molecular complexity index is 565. The number of carbonyl (C=O) groups is 1. The SMILES string of the molecule is COc1cccc(F)c1C(=O)c1cscc1Br. The van der Waals surface area contributed by atoms with Gasteiger partial charge in [-0.25, -0.2) is 4.39 Å². The largest absolute Gasteiger partial charge is 0.496 e. The van der Waals surface area contributed by atoms with Crippen LogP contribution in [-0.4, -0.2) is 12.9 Å². The van der Waals surface area contributed by atoms with Gasteiger partial charge in [0.2, 0.25) is 5.78 Å². The smallest absolute Gasteiger partial charge is 0.201 e. The molecule has 88 valence electrons. The van der Waals surface area contributed by atoms with Crippen molar-refractivity contribution in [3.05, 3.63) is 50.4 Å². The van der Waals surface area contributed by atoms with E-state index in [1.54, 1.807) is 16.8 Å². The lowest BCUT2D eigenvalue weighted by Gasteiger charge is -2.07. The number of methoxy groups -OCH3 is 1. The Morgan fingerprint density at radius 2 is 2.18 bits per heavy atom. The molecule has 1 aromatic heterocycles. The van der Waals surface area contributed by atoms with Crippen LogP contribution < -0.4 is 4.74 Å². The molecule has 0 N–H and O–H groups in total. The first-order chi connectivity index (χ1) is 8.15. The van der Waals surface area contributed by atoms with Crippen LogP contribution in [0.3, 0.4) is 0 Å². The predicted octanol–water partition coefficient (Wildman–Crippen LogP) is 3.89. The lowest BCUT2D eigenvalue weighted by molar-refractivity contribution is 0.103. The molecule has 2 aromatic rings. The molecule has 1 heterocycles. The highest BCUT2D eigenvalue weighted by Gasteiger charge is 2.21. The van der Waals surface area contributed by atoms with E-state index in [9.17, 15) is 9.18 Å². The Kier molecular flexibility index (Phi) is 3.59. The molecule has 1 aromatic carbocycles. The van der Waals surface area contributed by atoms with Gasteiger partial charge in [0.1, 0.15) is 17.1 Å². The number of rotatable bonds is 3. The van der Waals surface area contributed by atoms with Crippen molar-refractivity contribution >= 4 is 33.0 Å². The lowest BCUT2D eigenvalue weighted by atomic mass is 10.0. The Labute approximate surface area is 110 Å². The van der Waals surface area contributed by atoms with E-state index in [4.69, 9.17) is 4.74 Å². The Morgan fingerprint density at radius 3 is 2.76 bits per heavy atom. The highest BCUT2D eigenvalue weighted by Crippen LogP contribution is 2.29. The molecule has 0 aliphatic heterocycles. The zero-order chi connectivity index (χ0) is 12.4. The number of thiophene rings is 1. The van der Waals surface area contributed by atoms with Gasteiger partial charge in [-0.15, -0.1) is 0 Å². The predicted molar refractivity (Wildman–Crippen MR) is 68.4 cm³/mol. The standard InChI is InChI=1S/C12H8BrFO2S/c1-16-10-4-2-3-9(14)11(10)12(15)7-5-17-6-8(7)13/h2-6H,1H3. The lowest BCUT2D eigenvalue weighted by Crippen LogP contribution is -2.06. The van der Waals surface area contributed by atoms with Crippen LogP contribution in [-0.2, 0) is 0 Å². The summed E-state index contributed by atoms with van der Waals surface area (Å²) < 4.78 is 19.4. The number of hydrogen-bond acceptors (Lipinski definition) is 3. The minimum Gasteiger partial charge on any atom is -0.496 e. The topological polar surface area (TPSA) is 26.3 Å². The molecule has 0 atom stereocenters. The summed E-state index contributed by atoms with van der Waals surface area (Å²) >= 11 is 4.64. The Balaban J connectivity index is 2.55. The van der Waals surface area contributed by atoms with Crippen LogP contribution in [0, 0.1) is 5.82 Å². The number of halogens is 2. The zero-order valence-electron chi connectivity index (χ0n) is 8.87. The van der Waals surface area contributed by atoms with Gasteiger partial charge in [-0.05, 0) is 28.1 Å². The number of hydrogen-bond donors (Lipinski definition) is 0. The molecule has 0 unspecified atom stereocenters. The van der Waals surface area contributed by atoms with E-state index in [2.05, 4.69) is 15.9 Å². The molecule has 0 spiro atoms. The molecule has 0 aliphatic carbocycles. The molecule has 0 aliphatic rings. The average molecular weight is 315 g/mol. The summed E-state index contributed by atoms with van der Waals surface area (Å²) in [5, 5.41) is 3.46. The molecule has 0 saturated carbocycles. The number of benzene rings is 1. The van der Waals surface area contributed by atoms with Crippen molar-refractivity contribution in [3.8, 4) is 5.75 Å². The van der Waals surface area contributed by atoms with Crippen LogP contribution in [0.25, 0.3) is 0 Å². The van der Waals surface area contributed by atoms with Crippen molar-refractivity contribution in [1.29, 1.82) is 0 Å². The highest BCUT2D eigenvalue weighted by atomic mass is 79.9. The minimum atomic E-state index is -0.576. The fourth-order valence-corrected chi connectivity index (χ4v) is 2.93. The second-order valence-corrected chi connectivity index (χ2v) is 4.88. The van der Waals surface area contributed by atoms with E-state index in [0.29, 0.717) is 10.0 Å². The van der Waals surface area contributed by atoms with Crippen molar-refractivity contribution in [3.63, 3.8) is 0 Å². The van der Waals surface area contributed by atoms with Gasteiger partial charge in [0.25, 0.3) is 0 Å². The molecule has 5 heteroatoms. The molecule has 0 fully saturated rings. The quantitative estimate of drug-likeness (QED) is 0.803. The Morgan fingerprint density at radius 1 is 1.41 bits per heavy atom. The van der Waals surface area contributed by atoms with E-state index < -0.39 is 5.82 Å². The van der Waals surface area contributed by atoms with Gasteiger partial charge >= 0.3 is 0 Å². The number of carbonyl (C=O) groups excluding carboxylic acids is 1. The van der Waals surface area contributed by atoms with Gasteiger partial charge in [0.15, 0.2) is 0 Å². The third kappa shape index (κ3) is 2.25. The number of ketones is 1. The third-order valence-corrected chi connectivity index (χ3v) is 3.98. The first kappa shape index (κ1) is 12.3. The molecule has 17 heavy (non-hydrogen) atoms. The summed E-state index contributed by atoms with van der Waals surface area (Å²) in [6, 6.07) is 4.32. The van der Waals surface area contributed by atoms with Crippen molar-refractivity contribution in [2.24, 2.45) is 0 Å². The summed E-state index contributed by atoms with van der Waals surface area (Å²) in [5.41, 5.74) is 0.410. The summed E-state index contributed by atoms with van der Waals surface area (Å²) in [4.78, 5) is 12.2. The maximum absolute atomic E-state index is 13.7. The van der Waals surface area contributed by atoms with Crippen LogP contribution in [0.4, 0.5) is 4.39 Å². The van der Waals surface area contributed by atoms with Crippen LogP contribution >= 0.6 is 27.3 Å².